The Bertz CT molecular complexity index is 671. The van der Waals surface area contributed by atoms with Crippen molar-refractivity contribution in [2.24, 2.45) is 0 Å². The van der Waals surface area contributed by atoms with E-state index in [0.717, 1.165) is 24.1 Å². The van der Waals surface area contributed by atoms with Gasteiger partial charge in [-0.25, -0.2) is 4.98 Å². The molecule has 1 amide bonds. The van der Waals surface area contributed by atoms with Crippen LogP contribution in [0.1, 0.15) is 22.5 Å². The van der Waals surface area contributed by atoms with Gasteiger partial charge in [-0.1, -0.05) is 12.1 Å². The average molecular weight is 283 g/mol. The fraction of sp³-hybridized carbons (Fsp3) is 0.250. The Kier molecular flexibility index (Phi) is 3.48. The van der Waals surface area contributed by atoms with E-state index in [1.54, 1.807) is 30.3 Å². The number of carbonyl (C=O) groups is 1. The first-order valence-corrected chi connectivity index (χ1v) is 6.90. The van der Waals surface area contributed by atoms with Crippen molar-refractivity contribution in [3.63, 3.8) is 0 Å². The molecular formula is C16H17N3O2. The molecule has 5 nitrogen and oxygen atoms in total. The van der Waals surface area contributed by atoms with E-state index in [0.29, 0.717) is 18.0 Å². The van der Waals surface area contributed by atoms with Gasteiger partial charge in [-0.15, -0.1) is 0 Å². The zero-order chi connectivity index (χ0) is 14.8. The van der Waals surface area contributed by atoms with Gasteiger partial charge in [0.2, 0.25) is 0 Å². The summed E-state index contributed by atoms with van der Waals surface area (Å²) in [6.07, 6.45) is 3.43. The monoisotopic (exact) mass is 283 g/mol. The SMILES string of the molecule is COc1cccc2c1N(C(=O)c1ncccc1N)CCC2. The first kappa shape index (κ1) is 13.4. The second kappa shape index (κ2) is 5.44. The van der Waals surface area contributed by atoms with E-state index >= 15 is 0 Å². The second-order valence-corrected chi connectivity index (χ2v) is 4.97. The molecule has 1 aliphatic rings. The Morgan fingerprint density at radius 2 is 2.19 bits per heavy atom. The molecule has 0 unspecified atom stereocenters. The minimum absolute atomic E-state index is 0.182. The van der Waals surface area contributed by atoms with E-state index < -0.39 is 0 Å². The molecule has 5 heteroatoms. The molecule has 2 heterocycles. The quantitative estimate of drug-likeness (QED) is 0.918. The summed E-state index contributed by atoms with van der Waals surface area (Å²) in [7, 11) is 1.61. The smallest absolute Gasteiger partial charge is 0.279 e. The van der Waals surface area contributed by atoms with Crippen LogP contribution in [0.2, 0.25) is 0 Å². The third-order valence-electron chi connectivity index (χ3n) is 3.69. The minimum atomic E-state index is -0.182. The lowest BCUT2D eigenvalue weighted by molar-refractivity contribution is 0.0980. The molecule has 0 atom stereocenters. The molecule has 2 aromatic rings. The molecule has 0 fully saturated rings. The standard InChI is InChI=1S/C16H17N3O2/c1-21-13-8-2-5-11-6-4-10-19(15(11)13)16(20)14-12(17)7-3-9-18-14/h2-3,5,7-9H,4,6,10,17H2,1H3. The van der Waals surface area contributed by atoms with Gasteiger partial charge >= 0.3 is 0 Å². The number of fused-ring (bicyclic) bond motifs is 1. The highest BCUT2D eigenvalue weighted by Crippen LogP contribution is 2.37. The summed E-state index contributed by atoms with van der Waals surface area (Å²) in [6, 6.07) is 9.25. The predicted molar refractivity (Wildman–Crippen MR) is 81.6 cm³/mol. The lowest BCUT2D eigenvalue weighted by Gasteiger charge is -2.30. The van der Waals surface area contributed by atoms with Crippen LogP contribution >= 0.6 is 0 Å². The highest BCUT2D eigenvalue weighted by Gasteiger charge is 2.28. The number of para-hydroxylation sites is 1. The molecule has 21 heavy (non-hydrogen) atoms. The minimum Gasteiger partial charge on any atom is -0.495 e. The summed E-state index contributed by atoms with van der Waals surface area (Å²) in [5, 5.41) is 0. The first-order valence-electron chi connectivity index (χ1n) is 6.90. The van der Waals surface area contributed by atoms with Gasteiger partial charge in [0.25, 0.3) is 5.91 Å². The number of carbonyl (C=O) groups excluding carboxylic acids is 1. The van der Waals surface area contributed by atoms with Gasteiger partial charge in [0.15, 0.2) is 5.69 Å². The number of amides is 1. The first-order chi connectivity index (χ1) is 10.2. The summed E-state index contributed by atoms with van der Waals surface area (Å²) in [6.45, 7) is 0.641. The fourth-order valence-electron chi connectivity index (χ4n) is 2.71. The Morgan fingerprint density at radius 3 is 2.95 bits per heavy atom. The summed E-state index contributed by atoms with van der Waals surface area (Å²) in [5.41, 5.74) is 8.51. The van der Waals surface area contributed by atoms with Crippen LogP contribution in [-0.4, -0.2) is 24.5 Å². The van der Waals surface area contributed by atoms with E-state index in [9.17, 15) is 4.79 Å². The summed E-state index contributed by atoms with van der Waals surface area (Å²) >= 11 is 0. The highest BCUT2D eigenvalue weighted by molar-refractivity contribution is 6.09. The molecule has 0 spiro atoms. The van der Waals surface area contributed by atoms with Crippen LogP contribution in [0.15, 0.2) is 36.5 Å². The van der Waals surface area contributed by atoms with Crippen LogP contribution in [0, 0.1) is 0 Å². The van der Waals surface area contributed by atoms with Crippen LogP contribution in [0.25, 0.3) is 0 Å². The van der Waals surface area contributed by atoms with Gasteiger partial charge < -0.3 is 15.4 Å². The largest absolute Gasteiger partial charge is 0.495 e. The van der Waals surface area contributed by atoms with Gasteiger partial charge in [-0.2, -0.15) is 0 Å². The lowest BCUT2D eigenvalue weighted by atomic mass is 10.0. The van der Waals surface area contributed by atoms with Crippen LogP contribution < -0.4 is 15.4 Å². The molecule has 108 valence electrons. The van der Waals surface area contributed by atoms with Gasteiger partial charge in [-0.05, 0) is 36.6 Å². The lowest BCUT2D eigenvalue weighted by Crippen LogP contribution is -2.36. The highest BCUT2D eigenvalue weighted by atomic mass is 16.5. The number of aromatic nitrogens is 1. The number of nitrogen functional groups attached to an aromatic ring is 1. The van der Waals surface area contributed by atoms with Gasteiger partial charge in [0.05, 0.1) is 18.5 Å². The zero-order valence-electron chi connectivity index (χ0n) is 11.9. The molecular weight excluding hydrogens is 266 g/mol. The number of aryl methyl sites for hydroxylation is 1. The Balaban J connectivity index is 2.06. The predicted octanol–water partition coefficient (Wildman–Crippen LogP) is 2.27. The molecule has 3 rings (SSSR count). The molecule has 0 radical (unpaired) electrons. The third-order valence-corrected chi connectivity index (χ3v) is 3.69. The molecule has 0 bridgehead atoms. The number of anilines is 2. The van der Waals surface area contributed by atoms with Gasteiger partial charge in [0.1, 0.15) is 5.75 Å². The van der Waals surface area contributed by atoms with Crippen molar-refractivity contribution in [1.29, 1.82) is 0 Å². The summed E-state index contributed by atoms with van der Waals surface area (Å²) in [4.78, 5) is 18.6. The Hall–Kier alpha value is -2.56. The van der Waals surface area contributed by atoms with Crippen molar-refractivity contribution in [3.05, 3.63) is 47.8 Å². The maximum absolute atomic E-state index is 12.8. The molecule has 0 saturated carbocycles. The van der Waals surface area contributed by atoms with Crippen LogP contribution in [0.4, 0.5) is 11.4 Å². The third kappa shape index (κ3) is 2.31. The number of methoxy groups -OCH3 is 1. The number of nitrogens with zero attached hydrogens (tertiary/aromatic N) is 2. The van der Waals surface area contributed by atoms with E-state index in [-0.39, 0.29) is 11.6 Å². The van der Waals surface area contributed by atoms with Crippen LogP contribution in [0.5, 0.6) is 5.75 Å². The Labute approximate surface area is 123 Å². The van der Waals surface area contributed by atoms with Gasteiger partial charge in [-0.3, -0.25) is 4.79 Å². The van der Waals surface area contributed by atoms with Crippen molar-refractivity contribution in [2.75, 3.05) is 24.3 Å². The molecule has 1 aromatic carbocycles. The van der Waals surface area contributed by atoms with Gasteiger partial charge in [0, 0.05) is 12.7 Å². The number of benzene rings is 1. The molecule has 1 aromatic heterocycles. The zero-order valence-corrected chi connectivity index (χ0v) is 11.9. The van der Waals surface area contributed by atoms with E-state index in [4.69, 9.17) is 10.5 Å². The number of rotatable bonds is 2. The molecule has 0 aliphatic carbocycles. The maximum Gasteiger partial charge on any atom is 0.279 e. The Morgan fingerprint density at radius 1 is 1.33 bits per heavy atom. The van der Waals surface area contributed by atoms with E-state index in [2.05, 4.69) is 4.98 Å². The van der Waals surface area contributed by atoms with Crippen LogP contribution in [-0.2, 0) is 6.42 Å². The van der Waals surface area contributed by atoms with Crippen molar-refractivity contribution in [2.45, 2.75) is 12.8 Å². The topological polar surface area (TPSA) is 68.5 Å². The van der Waals surface area contributed by atoms with Crippen molar-refractivity contribution in [1.82, 2.24) is 4.98 Å². The van der Waals surface area contributed by atoms with Crippen molar-refractivity contribution < 1.29 is 9.53 Å². The van der Waals surface area contributed by atoms with E-state index in [1.165, 1.54) is 0 Å². The van der Waals surface area contributed by atoms with Crippen LogP contribution in [0.3, 0.4) is 0 Å². The van der Waals surface area contributed by atoms with E-state index in [1.807, 2.05) is 18.2 Å². The fourth-order valence-corrected chi connectivity index (χ4v) is 2.71. The summed E-state index contributed by atoms with van der Waals surface area (Å²) in [5.74, 6) is 0.522. The molecule has 1 aliphatic heterocycles. The van der Waals surface area contributed by atoms with Crippen molar-refractivity contribution >= 4 is 17.3 Å². The summed E-state index contributed by atoms with van der Waals surface area (Å²) < 4.78 is 5.41. The normalized spacial score (nSPS) is 13.7. The second-order valence-electron chi connectivity index (χ2n) is 4.97. The number of hydrogen-bond acceptors (Lipinski definition) is 4. The molecule has 0 saturated heterocycles. The average Bonchev–Trinajstić information content (AvgIpc) is 2.53. The number of nitrogens with two attached hydrogens (primary N) is 1. The van der Waals surface area contributed by atoms with Crippen molar-refractivity contribution in [3.8, 4) is 5.75 Å². The number of hydrogen-bond donors (Lipinski definition) is 1. The molecule has 2 N–H and O–H groups in total. The maximum atomic E-state index is 12.8. The number of ether oxygens (including phenoxy) is 1. The number of pyridine rings is 1.